The van der Waals surface area contributed by atoms with E-state index in [4.69, 9.17) is 39.6 Å². The number of ether oxygens (including phenoxy) is 1. The molecule has 1 heterocycles. The molecule has 0 spiro atoms. The van der Waals surface area contributed by atoms with Gasteiger partial charge in [0.25, 0.3) is 0 Å². The minimum atomic E-state index is -3.93. The summed E-state index contributed by atoms with van der Waals surface area (Å²) in [4.78, 5) is 14.5. The van der Waals surface area contributed by atoms with Gasteiger partial charge in [-0.05, 0) is 30.3 Å². The van der Waals surface area contributed by atoms with Crippen molar-refractivity contribution in [3.8, 4) is 5.75 Å². The molecule has 170 valence electrons. The van der Waals surface area contributed by atoms with E-state index in [1.807, 2.05) is 0 Å². The van der Waals surface area contributed by atoms with E-state index in [2.05, 4.69) is 10.2 Å². The fraction of sp³-hybridized carbons (Fsp3) is 0.300. The molecule has 0 aromatic heterocycles. The van der Waals surface area contributed by atoms with Crippen LogP contribution in [0, 0.1) is 17.8 Å². The van der Waals surface area contributed by atoms with Crippen LogP contribution in [0.4, 0.5) is 10.1 Å². The first-order valence-electron chi connectivity index (χ1n) is 9.23. The number of aliphatic hydroxyl groups excluding tert-OH is 1. The Kier molecular flexibility index (Phi) is 7.27. The van der Waals surface area contributed by atoms with E-state index in [9.17, 15) is 17.6 Å². The Morgan fingerprint density at radius 2 is 2.00 bits per heavy atom. The normalized spacial score (nSPS) is 15.5. The second kappa shape index (κ2) is 9.60. The molecular formula is C20H18Cl2FN3O5S. The van der Waals surface area contributed by atoms with Gasteiger partial charge in [0.1, 0.15) is 23.1 Å². The zero-order valence-electron chi connectivity index (χ0n) is 16.5. The Hall–Kier alpha value is -2.42. The Balaban J connectivity index is 1.76. The lowest BCUT2D eigenvalue weighted by Crippen LogP contribution is -2.64. The fourth-order valence-corrected chi connectivity index (χ4v) is 5.61. The number of hydrogen-bond donors (Lipinski definition) is 2. The molecule has 0 radical (unpaired) electrons. The van der Waals surface area contributed by atoms with Crippen molar-refractivity contribution in [3.63, 3.8) is 0 Å². The zero-order valence-corrected chi connectivity index (χ0v) is 18.8. The molecule has 1 amide bonds. The molecule has 3 rings (SSSR count). The van der Waals surface area contributed by atoms with E-state index in [0.29, 0.717) is 5.02 Å². The van der Waals surface area contributed by atoms with E-state index in [0.717, 1.165) is 6.07 Å². The molecule has 2 aromatic carbocycles. The number of sulfonamides is 1. The molecule has 12 heteroatoms. The number of nitrogens with one attached hydrogen (secondary N) is 1. The van der Waals surface area contributed by atoms with Gasteiger partial charge in [0.15, 0.2) is 0 Å². The van der Waals surface area contributed by atoms with Crippen LogP contribution < -0.4 is 10.1 Å². The number of carbonyl (C=O) groups excluding carboxylic acids is 1. The van der Waals surface area contributed by atoms with Crippen LogP contribution in [0.1, 0.15) is 0 Å². The molecule has 0 bridgehead atoms. The number of amides is 1. The molecule has 2 aromatic rings. The Labute approximate surface area is 194 Å². The number of halogens is 3. The summed E-state index contributed by atoms with van der Waals surface area (Å²) in [5.74, 6) is -1.21. The van der Waals surface area contributed by atoms with Crippen LogP contribution in [0.3, 0.4) is 0 Å². The summed E-state index contributed by atoms with van der Waals surface area (Å²) >= 11 is 11.9. The number of nitrogens with zero attached hydrogens (tertiary/aromatic N) is 2. The first-order chi connectivity index (χ1) is 15.1. The van der Waals surface area contributed by atoms with Gasteiger partial charge in [0.2, 0.25) is 21.6 Å². The molecule has 2 N–H and O–H groups in total. The highest BCUT2D eigenvalue weighted by Gasteiger charge is 2.49. The maximum Gasteiger partial charge on any atom is 0.245 e. The fourth-order valence-electron chi connectivity index (χ4n) is 3.20. The highest BCUT2D eigenvalue weighted by atomic mass is 35.5. The van der Waals surface area contributed by atoms with Gasteiger partial charge in [-0.15, -0.1) is 0 Å². The summed E-state index contributed by atoms with van der Waals surface area (Å²) in [5.41, 5.74) is -0.978. The number of carbonyl (C=O) groups is 1. The number of hydrogen-bond acceptors (Lipinski definition) is 5. The van der Waals surface area contributed by atoms with Gasteiger partial charge >= 0.3 is 0 Å². The monoisotopic (exact) mass is 501 g/mol. The van der Waals surface area contributed by atoms with Crippen LogP contribution >= 0.6 is 23.2 Å². The van der Waals surface area contributed by atoms with E-state index in [1.54, 1.807) is 0 Å². The summed E-state index contributed by atoms with van der Waals surface area (Å²) in [6.07, 6.45) is 0. The highest BCUT2D eigenvalue weighted by molar-refractivity contribution is 7.89. The highest BCUT2D eigenvalue weighted by Crippen LogP contribution is 2.38. The molecule has 0 saturated carbocycles. The molecule has 1 aliphatic rings. The predicted molar refractivity (Wildman–Crippen MR) is 116 cm³/mol. The molecule has 1 aliphatic heterocycles. The standard InChI is InChI=1S/C20H18Cl2FN3O5S/c1-24-17-4-3-14(7-16(17)23)31-12-20(9-25-19(28)8-27)10-26(11-20)32(29,30)18-5-2-13(21)6-15(18)22/h2-7,27H,8-12H2,(H,25,28). The minimum absolute atomic E-state index is 0.0113. The summed E-state index contributed by atoms with van der Waals surface area (Å²) in [5, 5.41) is 11.8. The maximum absolute atomic E-state index is 13.9. The van der Waals surface area contributed by atoms with Gasteiger partial charge in [-0.2, -0.15) is 4.31 Å². The largest absolute Gasteiger partial charge is 0.493 e. The molecule has 32 heavy (non-hydrogen) atoms. The van der Waals surface area contributed by atoms with Gasteiger partial charge in [-0.25, -0.2) is 17.7 Å². The maximum atomic E-state index is 13.9. The topological polar surface area (TPSA) is 100 Å². The van der Waals surface area contributed by atoms with Crippen LogP contribution in [0.2, 0.25) is 10.0 Å². The van der Waals surface area contributed by atoms with Crippen molar-refractivity contribution in [2.45, 2.75) is 4.90 Å². The van der Waals surface area contributed by atoms with Gasteiger partial charge in [-0.1, -0.05) is 23.2 Å². The smallest absolute Gasteiger partial charge is 0.245 e. The summed E-state index contributed by atoms with van der Waals surface area (Å²) in [7, 11) is -3.93. The predicted octanol–water partition coefficient (Wildman–Crippen LogP) is 2.86. The van der Waals surface area contributed by atoms with Crippen LogP contribution in [0.5, 0.6) is 5.75 Å². The third-order valence-electron chi connectivity index (χ3n) is 4.92. The van der Waals surface area contributed by atoms with Crippen molar-refractivity contribution in [1.82, 2.24) is 9.62 Å². The Morgan fingerprint density at radius 1 is 1.28 bits per heavy atom. The van der Waals surface area contributed by atoms with Crippen LogP contribution in [0.15, 0.2) is 41.3 Å². The molecule has 8 nitrogen and oxygen atoms in total. The van der Waals surface area contributed by atoms with Crippen molar-refractivity contribution in [2.75, 3.05) is 32.8 Å². The van der Waals surface area contributed by atoms with E-state index in [1.165, 1.54) is 34.6 Å². The lowest BCUT2D eigenvalue weighted by Gasteiger charge is -2.48. The van der Waals surface area contributed by atoms with Gasteiger partial charge in [0, 0.05) is 36.1 Å². The summed E-state index contributed by atoms with van der Waals surface area (Å²) < 4.78 is 46.6. The number of aliphatic hydroxyl groups is 1. The Bertz CT molecular complexity index is 1180. The quantitative estimate of drug-likeness (QED) is 0.541. The molecular weight excluding hydrogens is 484 g/mol. The van der Waals surface area contributed by atoms with Gasteiger partial charge < -0.3 is 15.2 Å². The molecule has 1 fully saturated rings. The van der Waals surface area contributed by atoms with E-state index < -0.39 is 33.8 Å². The molecule has 0 aliphatic carbocycles. The van der Waals surface area contributed by atoms with E-state index in [-0.39, 0.29) is 47.6 Å². The Morgan fingerprint density at radius 3 is 2.59 bits per heavy atom. The van der Waals surface area contributed by atoms with Crippen LogP contribution in [-0.2, 0) is 14.8 Å². The summed E-state index contributed by atoms with van der Waals surface area (Å²) in [6, 6.07) is 7.82. The van der Waals surface area contributed by atoms with Crippen molar-refractivity contribution in [1.29, 1.82) is 0 Å². The SMILES string of the molecule is [C-]#[N+]c1ccc(OCC2(CNC(=O)CO)CN(S(=O)(=O)c3ccc(Cl)cc3Cl)C2)cc1F. The van der Waals surface area contributed by atoms with E-state index >= 15 is 0 Å². The van der Waals surface area contributed by atoms with Gasteiger partial charge in [0.05, 0.1) is 18.2 Å². The zero-order chi connectivity index (χ0) is 23.5. The second-order valence-corrected chi connectivity index (χ2v) is 10.0. The average Bonchev–Trinajstić information content (AvgIpc) is 2.72. The van der Waals surface area contributed by atoms with Crippen molar-refractivity contribution >= 4 is 44.8 Å². The van der Waals surface area contributed by atoms with Crippen molar-refractivity contribution in [3.05, 3.63) is 63.7 Å². The first kappa shape index (κ1) is 24.2. The summed E-state index contributed by atoms with van der Waals surface area (Å²) in [6.45, 7) is 6.13. The molecule has 0 atom stereocenters. The number of rotatable bonds is 8. The second-order valence-electron chi connectivity index (χ2n) is 7.30. The molecule has 1 saturated heterocycles. The van der Waals surface area contributed by atoms with Crippen LogP contribution in [0.25, 0.3) is 4.85 Å². The van der Waals surface area contributed by atoms with Crippen LogP contribution in [-0.4, -0.2) is 56.6 Å². The van der Waals surface area contributed by atoms with Gasteiger partial charge in [-0.3, -0.25) is 4.79 Å². The van der Waals surface area contributed by atoms with Crippen molar-refractivity contribution in [2.24, 2.45) is 5.41 Å². The lowest BCUT2D eigenvalue weighted by molar-refractivity contribution is -0.125. The molecule has 0 unspecified atom stereocenters. The minimum Gasteiger partial charge on any atom is -0.493 e. The first-order valence-corrected chi connectivity index (χ1v) is 11.4. The third-order valence-corrected chi connectivity index (χ3v) is 7.43. The van der Waals surface area contributed by atoms with Crippen molar-refractivity contribution < 1.29 is 27.4 Å². The third kappa shape index (κ3) is 5.14. The average molecular weight is 502 g/mol. The number of benzene rings is 2. The lowest BCUT2D eigenvalue weighted by atomic mass is 9.82.